The Morgan fingerprint density at radius 2 is 1.88 bits per heavy atom. The molecule has 144 valence electrons. The normalized spacial score (nSPS) is 16.3. The summed E-state index contributed by atoms with van der Waals surface area (Å²) >= 11 is 0. The molecule has 12 heteroatoms. The van der Waals surface area contributed by atoms with Crippen LogP contribution in [0, 0.1) is 10.1 Å². The SMILES string of the molecule is COc1cc([N+](=O)[O-])cc([C@H](N2CCNCC2)C(F)(F)F)c1O.Cl.Cl. The number of ether oxygens (including phenoxy) is 1. The summed E-state index contributed by atoms with van der Waals surface area (Å²) in [6.45, 7) is 0.933. The fourth-order valence-electron chi connectivity index (χ4n) is 2.60. The quantitative estimate of drug-likeness (QED) is 0.589. The highest BCUT2D eigenvalue weighted by molar-refractivity contribution is 5.85. The van der Waals surface area contributed by atoms with Crippen molar-refractivity contribution in [1.29, 1.82) is 0 Å². The zero-order valence-electron chi connectivity index (χ0n) is 13.1. The Balaban J connectivity index is 0.00000288. The van der Waals surface area contributed by atoms with Gasteiger partial charge in [-0.1, -0.05) is 0 Å². The molecule has 2 rings (SSSR count). The summed E-state index contributed by atoms with van der Waals surface area (Å²) in [5.74, 6) is -1.10. The van der Waals surface area contributed by atoms with E-state index in [0.717, 1.165) is 24.1 Å². The van der Waals surface area contributed by atoms with E-state index in [9.17, 15) is 28.4 Å². The van der Waals surface area contributed by atoms with Gasteiger partial charge in [-0.25, -0.2) is 0 Å². The van der Waals surface area contributed by atoms with Crippen molar-refractivity contribution < 1.29 is 27.9 Å². The number of halogens is 5. The maximum atomic E-state index is 13.6. The average Bonchev–Trinajstić information content (AvgIpc) is 2.48. The summed E-state index contributed by atoms with van der Waals surface area (Å²) in [7, 11) is 1.12. The first-order valence-electron chi connectivity index (χ1n) is 6.82. The van der Waals surface area contributed by atoms with Crippen LogP contribution < -0.4 is 10.1 Å². The number of piperazine rings is 1. The van der Waals surface area contributed by atoms with Crippen LogP contribution in [0.1, 0.15) is 11.6 Å². The van der Waals surface area contributed by atoms with Gasteiger partial charge in [0.05, 0.1) is 18.1 Å². The molecule has 0 unspecified atom stereocenters. The van der Waals surface area contributed by atoms with E-state index in [2.05, 4.69) is 5.32 Å². The topological polar surface area (TPSA) is 87.9 Å². The number of nitro benzene ring substituents is 1. The van der Waals surface area contributed by atoms with E-state index in [1.165, 1.54) is 0 Å². The molecular formula is C13H18Cl2F3N3O4. The van der Waals surface area contributed by atoms with Crippen LogP contribution in [0.25, 0.3) is 0 Å². The molecule has 25 heavy (non-hydrogen) atoms. The zero-order chi connectivity index (χ0) is 17.2. The second kappa shape index (κ2) is 9.27. The van der Waals surface area contributed by atoms with E-state index in [0.29, 0.717) is 13.1 Å². The lowest BCUT2D eigenvalue weighted by Gasteiger charge is -2.36. The Kier molecular flexibility index (Phi) is 8.72. The number of non-ortho nitro benzene ring substituents is 1. The average molecular weight is 408 g/mol. The minimum atomic E-state index is -4.70. The number of hydrogen-bond acceptors (Lipinski definition) is 6. The number of nitrogens with zero attached hydrogens (tertiary/aromatic N) is 2. The molecule has 1 aliphatic heterocycles. The summed E-state index contributed by atoms with van der Waals surface area (Å²) in [5, 5.41) is 23.9. The first kappa shape index (κ1) is 23.5. The second-order valence-corrected chi connectivity index (χ2v) is 5.07. The fourth-order valence-corrected chi connectivity index (χ4v) is 2.60. The summed E-state index contributed by atoms with van der Waals surface area (Å²) in [4.78, 5) is 11.3. The largest absolute Gasteiger partial charge is 0.504 e. The highest BCUT2D eigenvalue weighted by Crippen LogP contribution is 2.46. The summed E-state index contributed by atoms with van der Waals surface area (Å²) in [5.41, 5.74) is -1.15. The predicted molar refractivity (Wildman–Crippen MR) is 89.0 cm³/mol. The molecule has 1 aromatic rings. The molecule has 1 aromatic carbocycles. The van der Waals surface area contributed by atoms with Crippen LogP contribution in [-0.4, -0.2) is 54.4 Å². The van der Waals surface area contributed by atoms with Crippen molar-refractivity contribution >= 4 is 30.5 Å². The number of nitro groups is 1. The van der Waals surface area contributed by atoms with E-state index >= 15 is 0 Å². The van der Waals surface area contributed by atoms with Crippen molar-refractivity contribution in [2.75, 3.05) is 33.3 Å². The van der Waals surface area contributed by atoms with Crippen molar-refractivity contribution in [3.8, 4) is 11.5 Å². The molecule has 0 saturated carbocycles. The van der Waals surface area contributed by atoms with Crippen molar-refractivity contribution in [3.63, 3.8) is 0 Å². The monoisotopic (exact) mass is 407 g/mol. The van der Waals surface area contributed by atoms with E-state index in [-0.39, 0.29) is 43.7 Å². The lowest BCUT2D eigenvalue weighted by Crippen LogP contribution is -2.49. The lowest BCUT2D eigenvalue weighted by molar-refractivity contribution is -0.385. The smallest absolute Gasteiger partial charge is 0.408 e. The van der Waals surface area contributed by atoms with Crippen molar-refractivity contribution in [3.05, 3.63) is 27.8 Å². The number of methoxy groups -OCH3 is 1. The van der Waals surface area contributed by atoms with Crippen LogP contribution in [0.2, 0.25) is 0 Å². The third kappa shape index (κ3) is 5.24. The molecule has 0 aliphatic carbocycles. The van der Waals surface area contributed by atoms with Crippen LogP contribution >= 0.6 is 24.8 Å². The molecule has 1 atom stereocenters. The standard InChI is InChI=1S/C13H16F3N3O4.2ClH/c1-23-10-7-8(19(21)22)6-9(11(10)20)12(13(14,15)16)18-4-2-17-3-5-18;;/h6-7,12,17,20H,2-5H2,1H3;2*1H/t12-;;/m0../s1. The van der Waals surface area contributed by atoms with Gasteiger partial charge in [-0.05, 0) is 0 Å². The predicted octanol–water partition coefficient (Wildman–Crippen LogP) is 2.66. The van der Waals surface area contributed by atoms with Crippen LogP contribution in [-0.2, 0) is 0 Å². The number of phenolic OH excluding ortho intramolecular Hbond substituents is 1. The van der Waals surface area contributed by atoms with Gasteiger partial charge in [-0.3, -0.25) is 15.0 Å². The van der Waals surface area contributed by atoms with Crippen molar-refractivity contribution in [2.24, 2.45) is 0 Å². The van der Waals surface area contributed by atoms with Gasteiger partial charge in [0.25, 0.3) is 5.69 Å². The second-order valence-electron chi connectivity index (χ2n) is 5.07. The summed E-state index contributed by atoms with van der Waals surface area (Å²) in [6, 6.07) is -0.499. The molecule has 0 bridgehead atoms. The molecule has 0 aromatic heterocycles. The number of hydrogen-bond donors (Lipinski definition) is 2. The number of benzene rings is 1. The van der Waals surface area contributed by atoms with Crippen LogP contribution in [0.3, 0.4) is 0 Å². The van der Waals surface area contributed by atoms with Gasteiger partial charge in [0, 0.05) is 37.8 Å². The van der Waals surface area contributed by atoms with E-state index < -0.39 is 34.1 Å². The summed E-state index contributed by atoms with van der Waals surface area (Å²) < 4.78 is 45.4. The molecule has 1 fully saturated rings. The van der Waals surface area contributed by atoms with Crippen LogP contribution in [0.5, 0.6) is 11.5 Å². The van der Waals surface area contributed by atoms with Crippen molar-refractivity contribution in [1.82, 2.24) is 10.2 Å². The number of alkyl halides is 3. The zero-order valence-corrected chi connectivity index (χ0v) is 14.7. The van der Waals surface area contributed by atoms with Gasteiger partial charge >= 0.3 is 6.18 Å². The molecule has 1 heterocycles. The molecule has 2 N–H and O–H groups in total. The van der Waals surface area contributed by atoms with E-state index in [1.54, 1.807) is 0 Å². The maximum Gasteiger partial charge on any atom is 0.408 e. The first-order chi connectivity index (χ1) is 10.8. The van der Waals surface area contributed by atoms with E-state index in [1.807, 2.05) is 0 Å². The van der Waals surface area contributed by atoms with Gasteiger partial charge in [0.15, 0.2) is 11.5 Å². The molecule has 0 amide bonds. The molecule has 0 spiro atoms. The first-order valence-corrected chi connectivity index (χ1v) is 6.82. The Morgan fingerprint density at radius 3 is 2.32 bits per heavy atom. The number of phenols is 1. The number of nitrogens with one attached hydrogen (secondary N) is 1. The van der Waals surface area contributed by atoms with Gasteiger partial charge in [0.2, 0.25) is 0 Å². The molecule has 0 radical (unpaired) electrons. The van der Waals surface area contributed by atoms with E-state index in [4.69, 9.17) is 4.74 Å². The van der Waals surface area contributed by atoms with Gasteiger partial charge in [0.1, 0.15) is 6.04 Å². The highest BCUT2D eigenvalue weighted by atomic mass is 35.5. The minimum absolute atomic E-state index is 0. The Labute approximate surface area is 154 Å². The molecular weight excluding hydrogens is 390 g/mol. The minimum Gasteiger partial charge on any atom is -0.504 e. The molecule has 1 aliphatic rings. The third-order valence-corrected chi connectivity index (χ3v) is 3.64. The van der Waals surface area contributed by atoms with Crippen molar-refractivity contribution in [2.45, 2.75) is 12.2 Å². The van der Waals surface area contributed by atoms with Gasteiger partial charge < -0.3 is 15.2 Å². The highest BCUT2D eigenvalue weighted by Gasteiger charge is 2.47. The number of aromatic hydroxyl groups is 1. The summed E-state index contributed by atoms with van der Waals surface area (Å²) in [6.07, 6.45) is -4.70. The van der Waals surface area contributed by atoms with Gasteiger partial charge in [-0.15, -0.1) is 24.8 Å². The molecule has 1 saturated heterocycles. The Hall–Kier alpha value is -1.49. The van der Waals surface area contributed by atoms with Gasteiger partial charge in [-0.2, -0.15) is 13.2 Å². The molecule has 7 nitrogen and oxygen atoms in total. The third-order valence-electron chi connectivity index (χ3n) is 3.64. The number of rotatable bonds is 4. The van der Waals surface area contributed by atoms with Crippen LogP contribution in [0.15, 0.2) is 12.1 Å². The Bertz CT molecular complexity index is 599. The fraction of sp³-hybridized carbons (Fsp3) is 0.538. The lowest BCUT2D eigenvalue weighted by atomic mass is 10.0. The van der Waals surface area contributed by atoms with Crippen LogP contribution in [0.4, 0.5) is 18.9 Å². The maximum absolute atomic E-state index is 13.6. The Morgan fingerprint density at radius 1 is 1.32 bits per heavy atom.